The van der Waals surface area contributed by atoms with E-state index in [0.717, 1.165) is 37.1 Å². The van der Waals surface area contributed by atoms with Crippen LogP contribution in [0.4, 0.5) is 0 Å². The van der Waals surface area contributed by atoms with Gasteiger partial charge in [-0.1, -0.05) is 35.9 Å². The fourth-order valence-corrected chi connectivity index (χ4v) is 3.79. The fraction of sp³-hybridized carbons (Fsp3) is 0.286. The normalized spacial score (nSPS) is 15.8. The van der Waals surface area contributed by atoms with E-state index >= 15 is 0 Å². The van der Waals surface area contributed by atoms with Crippen LogP contribution in [0, 0.1) is 6.92 Å². The molecule has 0 saturated carbocycles. The summed E-state index contributed by atoms with van der Waals surface area (Å²) >= 11 is 0. The third-order valence-corrected chi connectivity index (χ3v) is 5.11. The summed E-state index contributed by atoms with van der Waals surface area (Å²) < 4.78 is 0. The summed E-state index contributed by atoms with van der Waals surface area (Å²) in [5.74, 6) is 0.693. The molecular formula is C21H22N2O. The maximum absolute atomic E-state index is 12.7. The Morgan fingerprint density at radius 2 is 1.88 bits per heavy atom. The van der Waals surface area contributed by atoms with Gasteiger partial charge in [-0.15, -0.1) is 0 Å². The molecular weight excluding hydrogens is 296 g/mol. The van der Waals surface area contributed by atoms with E-state index in [4.69, 9.17) is 0 Å². The topological polar surface area (TPSA) is 36.1 Å². The molecule has 3 aromatic rings. The predicted octanol–water partition coefficient (Wildman–Crippen LogP) is 4.50. The zero-order valence-electron chi connectivity index (χ0n) is 14.0. The average Bonchev–Trinajstić information content (AvgIpc) is 3.05. The van der Waals surface area contributed by atoms with Gasteiger partial charge >= 0.3 is 0 Å². The largest absolute Gasteiger partial charge is 0.361 e. The zero-order valence-corrected chi connectivity index (χ0v) is 14.0. The molecule has 3 nitrogen and oxygen atoms in total. The van der Waals surface area contributed by atoms with Gasteiger partial charge in [-0.2, -0.15) is 0 Å². The van der Waals surface area contributed by atoms with Gasteiger partial charge in [0.2, 0.25) is 0 Å². The summed E-state index contributed by atoms with van der Waals surface area (Å²) in [5, 5.41) is 1.32. The van der Waals surface area contributed by atoms with E-state index in [-0.39, 0.29) is 5.91 Å². The van der Waals surface area contributed by atoms with Crippen molar-refractivity contribution in [2.24, 2.45) is 0 Å². The number of rotatable bonds is 2. The van der Waals surface area contributed by atoms with Crippen LogP contribution in [-0.2, 0) is 0 Å². The Balaban J connectivity index is 1.48. The summed E-state index contributed by atoms with van der Waals surface area (Å²) in [6.45, 7) is 3.69. The summed E-state index contributed by atoms with van der Waals surface area (Å²) in [7, 11) is 0. The van der Waals surface area contributed by atoms with Crippen molar-refractivity contribution in [2.45, 2.75) is 25.7 Å². The van der Waals surface area contributed by atoms with Crippen LogP contribution in [-0.4, -0.2) is 28.9 Å². The molecule has 0 radical (unpaired) electrons. The van der Waals surface area contributed by atoms with Gasteiger partial charge in [0.25, 0.3) is 5.91 Å². The van der Waals surface area contributed by atoms with Crippen LogP contribution in [0.3, 0.4) is 0 Å². The SMILES string of the molecule is Cc1cccc(C(=O)N2CCC(c3c[nH]c4ccccc34)CC2)c1. The monoisotopic (exact) mass is 318 g/mol. The highest BCUT2D eigenvalue weighted by molar-refractivity contribution is 5.94. The van der Waals surface area contributed by atoms with Crippen molar-refractivity contribution in [3.63, 3.8) is 0 Å². The maximum atomic E-state index is 12.7. The van der Waals surface area contributed by atoms with E-state index < -0.39 is 0 Å². The quantitative estimate of drug-likeness (QED) is 0.742. The van der Waals surface area contributed by atoms with Crippen LogP contribution < -0.4 is 0 Å². The van der Waals surface area contributed by atoms with Gasteiger partial charge in [-0.25, -0.2) is 0 Å². The number of nitrogens with one attached hydrogen (secondary N) is 1. The first-order chi connectivity index (χ1) is 11.7. The number of carbonyl (C=O) groups excluding carboxylic acids is 1. The lowest BCUT2D eigenvalue weighted by molar-refractivity contribution is 0.0713. The first-order valence-electron chi connectivity index (χ1n) is 8.64. The zero-order chi connectivity index (χ0) is 16.5. The Kier molecular flexibility index (Phi) is 3.85. The number of piperidine rings is 1. The maximum Gasteiger partial charge on any atom is 0.253 e. The average molecular weight is 318 g/mol. The van der Waals surface area contributed by atoms with Crippen molar-refractivity contribution in [2.75, 3.05) is 13.1 Å². The minimum absolute atomic E-state index is 0.163. The molecule has 1 saturated heterocycles. The van der Waals surface area contributed by atoms with Crippen LogP contribution in [0.15, 0.2) is 54.7 Å². The number of nitrogens with zero attached hydrogens (tertiary/aromatic N) is 1. The molecule has 24 heavy (non-hydrogen) atoms. The Morgan fingerprint density at radius 1 is 1.08 bits per heavy atom. The van der Waals surface area contributed by atoms with Crippen LogP contribution in [0.5, 0.6) is 0 Å². The van der Waals surface area contributed by atoms with Crippen molar-refractivity contribution in [3.05, 3.63) is 71.4 Å². The second-order valence-electron chi connectivity index (χ2n) is 6.73. The lowest BCUT2D eigenvalue weighted by atomic mass is 9.89. The Morgan fingerprint density at radius 3 is 2.67 bits per heavy atom. The molecule has 122 valence electrons. The van der Waals surface area contributed by atoms with Crippen LogP contribution in [0.1, 0.15) is 40.2 Å². The number of H-pyrrole nitrogens is 1. The van der Waals surface area contributed by atoms with E-state index in [1.54, 1.807) is 0 Å². The van der Waals surface area contributed by atoms with E-state index in [9.17, 15) is 4.79 Å². The molecule has 0 aliphatic carbocycles. The second-order valence-corrected chi connectivity index (χ2v) is 6.73. The van der Waals surface area contributed by atoms with Crippen molar-refractivity contribution in [1.82, 2.24) is 9.88 Å². The lowest BCUT2D eigenvalue weighted by Crippen LogP contribution is -2.37. The molecule has 2 aromatic carbocycles. The van der Waals surface area contributed by atoms with Crippen molar-refractivity contribution in [3.8, 4) is 0 Å². The number of benzene rings is 2. The van der Waals surface area contributed by atoms with E-state index in [0.29, 0.717) is 5.92 Å². The highest BCUT2D eigenvalue weighted by Crippen LogP contribution is 2.33. The Hall–Kier alpha value is -2.55. The molecule has 1 N–H and O–H groups in total. The number of hydrogen-bond donors (Lipinski definition) is 1. The summed E-state index contributed by atoms with van der Waals surface area (Å²) in [5.41, 5.74) is 4.54. The molecule has 1 aliphatic heterocycles. The number of aryl methyl sites for hydroxylation is 1. The van der Waals surface area contributed by atoms with Crippen molar-refractivity contribution >= 4 is 16.8 Å². The number of amides is 1. The smallest absolute Gasteiger partial charge is 0.253 e. The standard InChI is InChI=1S/C21H22N2O/c1-15-5-4-6-17(13-15)21(24)23-11-9-16(10-12-23)19-14-22-20-8-3-2-7-18(19)20/h2-8,13-14,16,22H,9-12H2,1H3. The van der Waals surface area contributed by atoms with Gasteiger partial charge < -0.3 is 9.88 Å². The number of fused-ring (bicyclic) bond motifs is 1. The van der Waals surface area contributed by atoms with Gasteiger partial charge in [0.15, 0.2) is 0 Å². The van der Waals surface area contributed by atoms with Gasteiger partial charge in [0, 0.05) is 35.8 Å². The van der Waals surface area contributed by atoms with Crippen molar-refractivity contribution in [1.29, 1.82) is 0 Å². The third-order valence-electron chi connectivity index (χ3n) is 5.11. The summed E-state index contributed by atoms with van der Waals surface area (Å²) in [6.07, 6.45) is 4.20. The van der Waals surface area contributed by atoms with Gasteiger partial charge in [0.1, 0.15) is 0 Å². The minimum Gasteiger partial charge on any atom is -0.361 e. The number of aromatic nitrogens is 1. The molecule has 1 aromatic heterocycles. The fourth-order valence-electron chi connectivity index (χ4n) is 3.79. The number of para-hydroxylation sites is 1. The van der Waals surface area contributed by atoms with Crippen molar-refractivity contribution < 1.29 is 4.79 Å². The molecule has 2 heterocycles. The first kappa shape index (κ1) is 15.0. The van der Waals surface area contributed by atoms with E-state index in [1.165, 1.54) is 16.5 Å². The van der Waals surface area contributed by atoms with Crippen LogP contribution in [0.25, 0.3) is 10.9 Å². The van der Waals surface area contributed by atoms with E-state index in [1.807, 2.05) is 36.1 Å². The molecule has 1 fully saturated rings. The minimum atomic E-state index is 0.163. The molecule has 3 heteroatoms. The first-order valence-corrected chi connectivity index (χ1v) is 8.64. The van der Waals surface area contributed by atoms with Crippen LogP contribution in [0.2, 0.25) is 0 Å². The molecule has 0 atom stereocenters. The number of aromatic amines is 1. The number of hydrogen-bond acceptors (Lipinski definition) is 1. The van der Waals surface area contributed by atoms with Gasteiger partial charge in [-0.3, -0.25) is 4.79 Å². The summed E-state index contributed by atoms with van der Waals surface area (Å²) in [4.78, 5) is 18.0. The molecule has 4 rings (SSSR count). The summed E-state index contributed by atoms with van der Waals surface area (Å²) in [6, 6.07) is 16.3. The highest BCUT2D eigenvalue weighted by atomic mass is 16.2. The molecule has 0 bridgehead atoms. The lowest BCUT2D eigenvalue weighted by Gasteiger charge is -2.32. The molecule has 0 spiro atoms. The Labute approximate surface area is 142 Å². The molecule has 0 unspecified atom stereocenters. The number of likely N-dealkylation sites (tertiary alicyclic amines) is 1. The third kappa shape index (κ3) is 2.71. The predicted molar refractivity (Wildman–Crippen MR) is 97.4 cm³/mol. The Bertz CT molecular complexity index is 872. The van der Waals surface area contributed by atoms with Gasteiger partial charge in [-0.05, 0) is 49.4 Å². The molecule has 1 amide bonds. The van der Waals surface area contributed by atoms with Gasteiger partial charge in [0.05, 0.1) is 0 Å². The van der Waals surface area contributed by atoms with Crippen LogP contribution >= 0.6 is 0 Å². The molecule has 1 aliphatic rings. The van der Waals surface area contributed by atoms with E-state index in [2.05, 4.69) is 35.4 Å². The number of carbonyl (C=O) groups is 1. The highest BCUT2D eigenvalue weighted by Gasteiger charge is 2.25. The second kappa shape index (κ2) is 6.16.